The number of oxazole rings is 1. The summed E-state index contributed by atoms with van der Waals surface area (Å²) >= 11 is 0. The average Bonchev–Trinajstić information content (AvgIpc) is 3.03. The first-order valence-electron chi connectivity index (χ1n) is 9.32. The largest absolute Gasteiger partial charge is 0.419 e. The van der Waals surface area contributed by atoms with Crippen molar-refractivity contribution in [1.82, 2.24) is 14.5 Å². The van der Waals surface area contributed by atoms with Crippen molar-refractivity contribution >= 4 is 50.0 Å². The van der Waals surface area contributed by atoms with Crippen LogP contribution >= 0.6 is 0 Å². The molecule has 32 heavy (non-hydrogen) atoms. The van der Waals surface area contributed by atoms with Crippen molar-refractivity contribution in [3.8, 4) is 0 Å². The van der Waals surface area contributed by atoms with Crippen LogP contribution in [0.1, 0.15) is 0 Å². The number of hydrogen-bond acceptors (Lipinski definition) is 8. The molecule has 0 saturated heterocycles. The Morgan fingerprint density at radius 3 is 2.47 bits per heavy atom. The summed E-state index contributed by atoms with van der Waals surface area (Å²) in [6.45, 7) is 0. The molecule has 4 aromatic rings. The second kappa shape index (κ2) is 7.96. The Morgan fingerprint density at radius 2 is 1.78 bits per heavy atom. The molecule has 0 amide bonds. The van der Waals surface area contributed by atoms with Gasteiger partial charge in [-0.15, -0.1) is 0 Å². The molecule has 0 atom stereocenters. The highest BCUT2D eigenvalue weighted by Crippen LogP contribution is 2.24. The molecule has 166 valence electrons. The number of rotatable bonds is 6. The number of sulfonamides is 1. The summed E-state index contributed by atoms with van der Waals surface area (Å²) < 4.78 is 45.2. The Balaban J connectivity index is 1.55. The van der Waals surface area contributed by atoms with Crippen LogP contribution in [0.3, 0.4) is 0 Å². The number of aromatic nitrogens is 3. The Bertz CT molecular complexity index is 1460. The van der Waals surface area contributed by atoms with Crippen LogP contribution in [0.5, 0.6) is 0 Å². The third-order valence-electron chi connectivity index (χ3n) is 4.78. The number of halogens is 1. The van der Waals surface area contributed by atoms with Gasteiger partial charge in [-0.3, -0.25) is 8.87 Å². The van der Waals surface area contributed by atoms with Crippen molar-refractivity contribution in [2.24, 2.45) is 7.05 Å². The summed E-state index contributed by atoms with van der Waals surface area (Å²) in [5.41, 5.74) is 2.51. The van der Waals surface area contributed by atoms with E-state index in [0.29, 0.717) is 28.2 Å². The van der Waals surface area contributed by atoms with E-state index in [1.54, 1.807) is 49.5 Å². The zero-order chi connectivity index (χ0) is 23.0. The first kappa shape index (κ1) is 21.3. The fourth-order valence-electron chi connectivity index (χ4n) is 2.94. The molecule has 2 heterocycles. The third-order valence-corrected chi connectivity index (χ3v) is 5.99. The average molecular weight is 458 g/mol. The van der Waals surface area contributed by atoms with Gasteiger partial charge in [0.25, 0.3) is 0 Å². The van der Waals surface area contributed by atoms with Crippen LogP contribution in [0, 0.1) is 5.82 Å². The quantitative estimate of drug-likeness (QED) is 0.452. The molecular formula is C20H19FN6O4S. The van der Waals surface area contributed by atoms with Crippen LogP contribution in [-0.4, -0.2) is 36.3 Å². The van der Waals surface area contributed by atoms with Crippen LogP contribution in [0.25, 0.3) is 11.1 Å². The highest BCUT2D eigenvalue weighted by Gasteiger charge is 2.13. The van der Waals surface area contributed by atoms with E-state index in [1.807, 2.05) is 0 Å². The van der Waals surface area contributed by atoms with Crippen molar-refractivity contribution in [2.75, 3.05) is 28.2 Å². The lowest BCUT2D eigenvalue weighted by atomic mass is 10.3. The monoisotopic (exact) mass is 458 g/mol. The molecular weight excluding hydrogens is 439 g/mol. The van der Waals surface area contributed by atoms with Crippen LogP contribution in [0.4, 0.5) is 33.2 Å². The van der Waals surface area contributed by atoms with Gasteiger partial charge in [0, 0.05) is 31.5 Å². The van der Waals surface area contributed by atoms with Crippen molar-refractivity contribution < 1.29 is 17.2 Å². The molecule has 10 nitrogen and oxygen atoms in total. The van der Waals surface area contributed by atoms with Gasteiger partial charge in [-0.1, -0.05) is 0 Å². The van der Waals surface area contributed by atoms with Crippen molar-refractivity contribution in [1.29, 1.82) is 0 Å². The van der Waals surface area contributed by atoms with E-state index in [4.69, 9.17) is 4.42 Å². The predicted molar refractivity (Wildman–Crippen MR) is 120 cm³/mol. The lowest BCUT2D eigenvalue weighted by molar-refractivity contribution is 0.528. The molecule has 0 bridgehead atoms. The van der Waals surface area contributed by atoms with E-state index in [1.165, 1.54) is 11.6 Å². The summed E-state index contributed by atoms with van der Waals surface area (Å²) in [5.74, 6) is -1.11. The van der Waals surface area contributed by atoms with Crippen LogP contribution in [0.2, 0.25) is 0 Å². The molecule has 2 N–H and O–H groups in total. The van der Waals surface area contributed by atoms with E-state index in [0.717, 1.165) is 16.8 Å². The van der Waals surface area contributed by atoms with E-state index in [-0.39, 0.29) is 11.8 Å². The van der Waals surface area contributed by atoms with Gasteiger partial charge in [-0.25, -0.2) is 22.6 Å². The fraction of sp³-hybridized carbons (Fsp3) is 0.150. The number of nitrogens with one attached hydrogen (secondary N) is 2. The fourth-order valence-corrected chi connectivity index (χ4v) is 3.44. The second-order valence-corrected chi connectivity index (χ2v) is 9.04. The van der Waals surface area contributed by atoms with Crippen LogP contribution in [0.15, 0.2) is 57.9 Å². The Hall–Kier alpha value is -3.93. The molecule has 2 aromatic heterocycles. The molecule has 12 heteroatoms. The Kier molecular flexibility index (Phi) is 5.30. The van der Waals surface area contributed by atoms with Crippen molar-refractivity contribution in [2.45, 2.75) is 0 Å². The topological polar surface area (TPSA) is 122 Å². The predicted octanol–water partition coefficient (Wildman–Crippen LogP) is 2.94. The maximum absolute atomic E-state index is 14.3. The maximum atomic E-state index is 14.3. The van der Waals surface area contributed by atoms with Gasteiger partial charge in [-0.05, 0) is 36.4 Å². The minimum Gasteiger partial charge on any atom is -0.408 e. The van der Waals surface area contributed by atoms with E-state index in [2.05, 4.69) is 20.6 Å². The van der Waals surface area contributed by atoms with E-state index < -0.39 is 21.6 Å². The molecule has 0 aliphatic carbocycles. The summed E-state index contributed by atoms with van der Waals surface area (Å²) in [6, 6.07) is 11.5. The van der Waals surface area contributed by atoms with Crippen LogP contribution in [-0.2, 0) is 17.1 Å². The maximum Gasteiger partial charge on any atom is 0.419 e. The number of fused-ring (bicyclic) bond motifs is 1. The minimum atomic E-state index is -3.37. The normalized spacial score (nSPS) is 11.5. The lowest BCUT2D eigenvalue weighted by Gasteiger charge is -2.17. The van der Waals surface area contributed by atoms with Gasteiger partial charge >= 0.3 is 5.76 Å². The molecule has 0 unspecified atom stereocenters. The number of aryl methyl sites for hydroxylation is 1. The van der Waals surface area contributed by atoms with Gasteiger partial charge < -0.3 is 15.1 Å². The summed E-state index contributed by atoms with van der Waals surface area (Å²) in [6.07, 6.45) is 2.13. The Labute approximate surface area is 182 Å². The molecule has 0 saturated carbocycles. The van der Waals surface area contributed by atoms with Gasteiger partial charge in [-0.2, -0.15) is 4.98 Å². The summed E-state index contributed by atoms with van der Waals surface area (Å²) in [4.78, 5) is 19.7. The highest BCUT2D eigenvalue weighted by molar-refractivity contribution is 7.92. The van der Waals surface area contributed by atoms with Gasteiger partial charge in [0.1, 0.15) is 0 Å². The van der Waals surface area contributed by atoms with E-state index in [9.17, 15) is 17.6 Å². The lowest BCUT2D eigenvalue weighted by Crippen LogP contribution is -2.24. The number of anilines is 5. The first-order valence-corrected chi connectivity index (χ1v) is 11.2. The first-order chi connectivity index (χ1) is 15.1. The van der Waals surface area contributed by atoms with Gasteiger partial charge in [0.2, 0.25) is 16.0 Å². The van der Waals surface area contributed by atoms with E-state index >= 15 is 0 Å². The van der Waals surface area contributed by atoms with Gasteiger partial charge in [0.15, 0.2) is 17.2 Å². The molecule has 4 rings (SSSR count). The zero-order valence-electron chi connectivity index (χ0n) is 17.3. The third kappa shape index (κ3) is 4.25. The second-order valence-electron chi connectivity index (χ2n) is 7.03. The Morgan fingerprint density at radius 1 is 1.09 bits per heavy atom. The van der Waals surface area contributed by atoms with Gasteiger partial charge in [0.05, 0.1) is 23.7 Å². The smallest absolute Gasteiger partial charge is 0.408 e. The summed E-state index contributed by atoms with van der Waals surface area (Å²) in [7, 11) is -0.322. The summed E-state index contributed by atoms with van der Waals surface area (Å²) in [5, 5.41) is 5.79. The number of benzene rings is 2. The van der Waals surface area contributed by atoms with Crippen molar-refractivity contribution in [3.63, 3.8) is 0 Å². The molecule has 0 aliphatic rings. The molecule has 0 radical (unpaired) electrons. The molecule has 0 fully saturated rings. The minimum absolute atomic E-state index is 0.0754. The number of nitrogens with zero attached hydrogens (tertiary/aromatic N) is 4. The molecule has 0 aliphatic heterocycles. The zero-order valence-corrected chi connectivity index (χ0v) is 18.1. The molecule has 2 aromatic carbocycles. The standard InChI is InChI=1S/C20H19FN6O4S/c1-26-16-9-6-13(10-17(16)31-20(26)28)23-18-15(21)11-22-19(25-18)24-12-4-7-14(8-5-12)27(2)32(3,29)30/h4-11H,1-3H3,(H2,22,23,24,25). The van der Waals surface area contributed by atoms with Crippen LogP contribution < -0.4 is 20.7 Å². The molecule has 0 spiro atoms. The number of hydrogen-bond donors (Lipinski definition) is 2. The van der Waals surface area contributed by atoms with Crippen molar-refractivity contribution in [3.05, 3.63) is 65.0 Å². The SMILES string of the molecule is CN(c1ccc(Nc2ncc(F)c(Nc3ccc4c(c3)oc(=O)n4C)n2)cc1)S(C)(=O)=O. The highest BCUT2D eigenvalue weighted by atomic mass is 32.2.